The van der Waals surface area contributed by atoms with Gasteiger partial charge in [0, 0.05) is 9.79 Å². The van der Waals surface area contributed by atoms with Crippen LogP contribution in [0.4, 0.5) is 0 Å². The zero-order valence-corrected chi connectivity index (χ0v) is 27.1. The molecule has 0 aliphatic rings. The number of rotatable bonds is 8. The second-order valence-corrected chi connectivity index (χ2v) is 11.2. The van der Waals surface area contributed by atoms with E-state index in [4.69, 9.17) is 0 Å². The smallest absolute Gasteiger partial charge is 0.872 e. The van der Waals surface area contributed by atoms with Crippen molar-refractivity contribution in [2.24, 2.45) is 0 Å². The van der Waals surface area contributed by atoms with Gasteiger partial charge in [0.05, 0.1) is 0 Å². The molecule has 0 saturated carbocycles. The largest absolute Gasteiger partial charge is 2.00 e. The third kappa shape index (κ3) is 8.13. The van der Waals surface area contributed by atoms with Crippen molar-refractivity contribution in [1.82, 2.24) is 0 Å². The predicted octanol–water partition coefficient (Wildman–Crippen LogP) is 9.28. The molecule has 0 aliphatic carbocycles. The minimum atomic E-state index is -0.101. The van der Waals surface area contributed by atoms with E-state index in [9.17, 15) is 10.2 Å². The Bertz CT molecular complexity index is 1740. The summed E-state index contributed by atoms with van der Waals surface area (Å²) in [7, 11) is 0. The van der Waals surface area contributed by atoms with Crippen LogP contribution in [0, 0.1) is 0 Å². The molecule has 0 unspecified atom stereocenters. The van der Waals surface area contributed by atoms with Gasteiger partial charge in [0.15, 0.2) is 0 Å². The zero-order valence-electron chi connectivity index (χ0n) is 24.1. The topological polar surface area (TPSA) is 46.1 Å². The average molecular weight is 613 g/mol. The summed E-state index contributed by atoms with van der Waals surface area (Å²) in [6.45, 7) is 0. The Morgan fingerprint density at radius 3 is 1.05 bits per heavy atom. The van der Waals surface area contributed by atoms with Gasteiger partial charge in [0.2, 0.25) is 0 Å². The van der Waals surface area contributed by atoms with E-state index in [-0.39, 0.29) is 49.2 Å². The molecule has 0 bridgehead atoms. The molecule has 2 nitrogen and oxygen atoms in total. The molecule has 0 heterocycles. The first-order valence-corrected chi connectivity index (χ1v) is 14.9. The Morgan fingerprint density at radius 2 is 0.682 bits per heavy atom. The Kier molecular flexibility index (Phi) is 10.8. The van der Waals surface area contributed by atoms with Crippen LogP contribution >= 0.6 is 11.8 Å². The third-order valence-electron chi connectivity index (χ3n) is 7.13. The SMILES string of the molecule is [Ca+2].[O-]c1ccc(-c2ccc(/C=C/c3ccccc3)cc2)cc1Sc1cc(-c2ccc(/C=C/c3ccccc3)cc2)ccc1[O-]. The molecular weight excluding hydrogens is 585 g/mol. The molecule has 0 spiro atoms. The summed E-state index contributed by atoms with van der Waals surface area (Å²) in [4.78, 5) is 1.06. The standard InChI is InChI=1S/C40H30O2S.Ca/c41-37-25-23-35(33-19-15-31(16-20-33)13-11-29-7-3-1-4-8-29)27-39(37)43-40-28-36(24-26-38(40)42)34-21-17-32(18-22-34)14-12-30-9-5-2-6-10-30;/h1-28,41-42H;/q;+2/p-2/b13-11+,14-12+;. The third-order valence-corrected chi connectivity index (χ3v) is 8.21. The van der Waals surface area contributed by atoms with Crippen LogP contribution in [0.5, 0.6) is 11.5 Å². The normalized spacial score (nSPS) is 11.1. The summed E-state index contributed by atoms with van der Waals surface area (Å²) in [5.41, 5.74) is 8.37. The number of benzene rings is 6. The van der Waals surface area contributed by atoms with E-state index in [0.29, 0.717) is 9.79 Å². The molecular formula is C40H28CaO2S. The van der Waals surface area contributed by atoms with Crippen molar-refractivity contribution in [1.29, 1.82) is 0 Å². The van der Waals surface area contributed by atoms with E-state index in [2.05, 4.69) is 97.1 Å². The van der Waals surface area contributed by atoms with Crippen molar-refractivity contribution in [3.8, 4) is 33.8 Å². The van der Waals surface area contributed by atoms with Crippen molar-refractivity contribution < 1.29 is 10.2 Å². The van der Waals surface area contributed by atoms with Crippen molar-refractivity contribution in [3.63, 3.8) is 0 Å². The van der Waals surface area contributed by atoms with Crippen LogP contribution in [0.1, 0.15) is 22.3 Å². The van der Waals surface area contributed by atoms with Gasteiger partial charge in [-0.1, -0.05) is 181 Å². The van der Waals surface area contributed by atoms with Gasteiger partial charge in [0.25, 0.3) is 0 Å². The monoisotopic (exact) mass is 612 g/mol. The minimum absolute atomic E-state index is 0. The van der Waals surface area contributed by atoms with E-state index in [0.717, 1.165) is 44.5 Å². The maximum absolute atomic E-state index is 12.8. The molecule has 0 radical (unpaired) electrons. The first kappa shape index (κ1) is 31.4. The second-order valence-electron chi connectivity index (χ2n) is 10.2. The van der Waals surface area contributed by atoms with Gasteiger partial charge in [-0.2, -0.15) is 0 Å². The number of hydrogen-bond acceptors (Lipinski definition) is 3. The van der Waals surface area contributed by atoms with Gasteiger partial charge in [-0.25, -0.2) is 0 Å². The van der Waals surface area contributed by atoms with Crippen LogP contribution in [-0.4, -0.2) is 37.7 Å². The average Bonchev–Trinajstić information content (AvgIpc) is 3.06. The molecule has 0 amide bonds. The van der Waals surface area contributed by atoms with Gasteiger partial charge in [-0.05, 0) is 56.6 Å². The molecule has 6 aromatic rings. The quantitative estimate of drug-likeness (QED) is 0.127. The van der Waals surface area contributed by atoms with Gasteiger partial charge < -0.3 is 10.2 Å². The Labute approximate surface area is 293 Å². The van der Waals surface area contributed by atoms with Crippen LogP contribution in [0.15, 0.2) is 155 Å². The first-order chi connectivity index (χ1) is 21.1. The van der Waals surface area contributed by atoms with Crippen molar-refractivity contribution in [2.45, 2.75) is 9.79 Å². The summed E-state index contributed by atoms with van der Waals surface area (Å²) in [5, 5.41) is 25.6. The number of hydrogen-bond donors (Lipinski definition) is 0. The van der Waals surface area contributed by atoms with Crippen LogP contribution in [0.3, 0.4) is 0 Å². The molecule has 0 saturated heterocycles. The van der Waals surface area contributed by atoms with Crippen molar-refractivity contribution in [2.75, 3.05) is 0 Å². The molecule has 0 fully saturated rings. The molecule has 0 aliphatic heterocycles. The Hall–Kier alpha value is -3.99. The molecule has 208 valence electrons. The maximum Gasteiger partial charge on any atom is 2.00 e. The summed E-state index contributed by atoms with van der Waals surface area (Å²) in [6, 6.07) is 47.4. The van der Waals surface area contributed by atoms with Crippen LogP contribution in [0.2, 0.25) is 0 Å². The Balaban J connectivity index is 0.00000384. The van der Waals surface area contributed by atoms with E-state index in [1.165, 1.54) is 11.8 Å². The van der Waals surface area contributed by atoms with E-state index in [1.54, 1.807) is 12.1 Å². The summed E-state index contributed by atoms with van der Waals surface area (Å²) >= 11 is 1.23. The van der Waals surface area contributed by atoms with Gasteiger partial charge in [-0.3, -0.25) is 0 Å². The first-order valence-electron chi connectivity index (χ1n) is 14.1. The zero-order chi connectivity index (χ0) is 29.4. The maximum atomic E-state index is 12.8. The fraction of sp³-hybridized carbons (Fsp3) is 0. The van der Waals surface area contributed by atoms with Gasteiger partial charge in [0.1, 0.15) is 0 Å². The molecule has 0 aromatic heterocycles. The molecule has 6 aromatic carbocycles. The van der Waals surface area contributed by atoms with Crippen LogP contribution < -0.4 is 10.2 Å². The molecule has 0 atom stereocenters. The Morgan fingerprint density at radius 1 is 0.364 bits per heavy atom. The molecule has 6 rings (SSSR count). The van der Waals surface area contributed by atoms with Crippen LogP contribution in [-0.2, 0) is 0 Å². The second kappa shape index (κ2) is 15.1. The van der Waals surface area contributed by atoms with Crippen molar-refractivity contribution >= 4 is 73.8 Å². The van der Waals surface area contributed by atoms with Gasteiger partial charge >= 0.3 is 37.7 Å². The van der Waals surface area contributed by atoms with Crippen molar-refractivity contribution in [3.05, 3.63) is 168 Å². The molecule has 0 N–H and O–H groups in total. The summed E-state index contributed by atoms with van der Waals surface area (Å²) in [5.74, 6) is -0.203. The van der Waals surface area contributed by atoms with E-state index >= 15 is 0 Å². The van der Waals surface area contributed by atoms with E-state index < -0.39 is 0 Å². The minimum Gasteiger partial charge on any atom is -0.872 e. The molecule has 44 heavy (non-hydrogen) atoms. The molecule has 4 heteroatoms. The fourth-order valence-corrected chi connectivity index (χ4v) is 5.69. The van der Waals surface area contributed by atoms with Gasteiger partial charge in [-0.15, -0.1) is 0 Å². The van der Waals surface area contributed by atoms with E-state index in [1.807, 2.05) is 60.7 Å². The van der Waals surface area contributed by atoms with Crippen LogP contribution in [0.25, 0.3) is 46.6 Å². The predicted molar refractivity (Wildman–Crippen MR) is 183 cm³/mol. The fourth-order valence-electron chi connectivity index (χ4n) is 4.74. The summed E-state index contributed by atoms with van der Waals surface area (Å²) < 4.78 is 0. The summed E-state index contributed by atoms with van der Waals surface area (Å²) in [6.07, 6.45) is 8.34.